The lowest BCUT2D eigenvalue weighted by atomic mass is 10.0. The van der Waals surface area contributed by atoms with Crippen molar-refractivity contribution in [1.82, 2.24) is 19.8 Å². The number of nitrogens with two attached hydrogens (primary N) is 1. The number of hydrogen-bond donors (Lipinski definition) is 2. The molecule has 242 valence electrons. The van der Waals surface area contributed by atoms with Gasteiger partial charge in [-0.3, -0.25) is 19.0 Å². The second-order valence-electron chi connectivity index (χ2n) is 11.6. The largest absolute Gasteiger partial charge is 0.352 e. The zero-order valence-electron chi connectivity index (χ0n) is 26.6. The number of nitrogens with one attached hydrogen (secondary N) is 1. The van der Waals surface area contributed by atoms with Crippen LogP contribution in [0.1, 0.15) is 69.4 Å². The van der Waals surface area contributed by atoms with E-state index in [2.05, 4.69) is 5.32 Å². The summed E-state index contributed by atoms with van der Waals surface area (Å²) in [6.07, 6.45) is 2.41. The van der Waals surface area contributed by atoms with Gasteiger partial charge in [0.1, 0.15) is 5.82 Å². The van der Waals surface area contributed by atoms with Crippen LogP contribution < -0.4 is 16.6 Å². The molecule has 5 aromatic rings. The third-order valence-corrected chi connectivity index (χ3v) is 8.43. The minimum Gasteiger partial charge on any atom is -0.352 e. The van der Waals surface area contributed by atoms with Crippen molar-refractivity contribution in [3.05, 3.63) is 147 Å². The van der Waals surface area contributed by atoms with E-state index < -0.39 is 6.04 Å². The Labute approximate surface area is 280 Å². The number of hydrogen-bond acceptors (Lipinski definition) is 5. The average Bonchev–Trinajstić information content (AvgIpc) is 3.09. The highest BCUT2D eigenvalue weighted by Crippen LogP contribution is 2.29. The molecule has 0 radical (unpaired) electrons. The SMILES string of the molecule is Cc1ccc(C(=O)N(CCCN)C(CCCCNC(=O)c2ccccc2)c2nc3cc(Cl)ccc3c(=O)n2Cc2ccccc2)cc1. The molecule has 0 bridgehead atoms. The highest BCUT2D eigenvalue weighted by Gasteiger charge is 2.30. The summed E-state index contributed by atoms with van der Waals surface area (Å²) in [6, 6.07) is 30.8. The molecule has 0 saturated heterocycles. The number of amides is 2. The highest BCUT2D eigenvalue weighted by molar-refractivity contribution is 6.31. The van der Waals surface area contributed by atoms with Crippen molar-refractivity contribution in [2.75, 3.05) is 19.6 Å². The van der Waals surface area contributed by atoms with Gasteiger partial charge in [-0.1, -0.05) is 77.8 Å². The number of carbonyl (C=O) groups excluding carboxylic acids is 2. The highest BCUT2D eigenvalue weighted by atomic mass is 35.5. The number of aryl methyl sites for hydroxylation is 1. The normalized spacial score (nSPS) is 11.7. The van der Waals surface area contributed by atoms with Gasteiger partial charge in [-0.25, -0.2) is 4.98 Å². The molecule has 5 rings (SSSR count). The third-order valence-electron chi connectivity index (χ3n) is 8.19. The van der Waals surface area contributed by atoms with Gasteiger partial charge >= 0.3 is 0 Å². The number of unbranched alkanes of at least 4 members (excludes halogenated alkanes) is 1. The monoisotopic (exact) mass is 649 g/mol. The maximum Gasteiger partial charge on any atom is 0.261 e. The van der Waals surface area contributed by atoms with Crippen LogP contribution >= 0.6 is 11.6 Å². The van der Waals surface area contributed by atoms with Gasteiger partial charge in [-0.2, -0.15) is 0 Å². The van der Waals surface area contributed by atoms with E-state index in [1.54, 1.807) is 39.8 Å². The number of nitrogens with zero attached hydrogens (tertiary/aromatic N) is 3. The fourth-order valence-electron chi connectivity index (χ4n) is 5.69. The molecule has 0 aliphatic rings. The van der Waals surface area contributed by atoms with Gasteiger partial charge in [0.2, 0.25) is 0 Å². The maximum absolute atomic E-state index is 14.3. The van der Waals surface area contributed by atoms with Crippen LogP contribution in [0.25, 0.3) is 10.9 Å². The standard InChI is InChI=1S/C38H40ClN5O3/c1-27-16-18-30(19-17-27)37(46)43(24-10-22-40)34(15-8-9-23-41-36(45)29-13-6-3-7-14-29)35-42-33-25-31(39)20-21-32(33)38(47)44(35)26-28-11-4-2-5-12-28/h2-7,11-14,16-21,25,34H,8-10,15,22-24,26,40H2,1H3,(H,41,45). The molecule has 0 aliphatic heterocycles. The zero-order valence-corrected chi connectivity index (χ0v) is 27.3. The Balaban J connectivity index is 1.54. The zero-order chi connectivity index (χ0) is 33.2. The van der Waals surface area contributed by atoms with Gasteiger partial charge in [0.05, 0.1) is 23.5 Å². The summed E-state index contributed by atoms with van der Waals surface area (Å²) in [4.78, 5) is 48.0. The van der Waals surface area contributed by atoms with E-state index in [4.69, 9.17) is 22.3 Å². The molecule has 47 heavy (non-hydrogen) atoms. The van der Waals surface area contributed by atoms with Crippen LogP contribution in [-0.2, 0) is 6.54 Å². The van der Waals surface area contributed by atoms with Crippen molar-refractivity contribution in [3.63, 3.8) is 0 Å². The number of halogens is 1. The number of fused-ring (bicyclic) bond motifs is 1. The number of benzene rings is 4. The number of aromatic nitrogens is 2. The topological polar surface area (TPSA) is 110 Å². The summed E-state index contributed by atoms with van der Waals surface area (Å²) >= 11 is 6.37. The second kappa shape index (κ2) is 16.2. The quantitative estimate of drug-likeness (QED) is 0.133. The van der Waals surface area contributed by atoms with E-state index >= 15 is 0 Å². The molecule has 1 atom stereocenters. The molecular weight excluding hydrogens is 610 g/mol. The van der Waals surface area contributed by atoms with Crippen LogP contribution in [0.3, 0.4) is 0 Å². The fourth-order valence-corrected chi connectivity index (χ4v) is 5.85. The Bertz CT molecular complexity index is 1860. The Hall–Kier alpha value is -4.79. The van der Waals surface area contributed by atoms with E-state index in [1.807, 2.05) is 79.7 Å². The summed E-state index contributed by atoms with van der Waals surface area (Å²) in [6.45, 7) is 3.51. The first-order chi connectivity index (χ1) is 22.9. The van der Waals surface area contributed by atoms with Crippen molar-refractivity contribution in [2.45, 2.75) is 45.2 Å². The number of carbonyl (C=O) groups is 2. The van der Waals surface area contributed by atoms with Gasteiger partial charge in [0.15, 0.2) is 0 Å². The Morgan fingerprint density at radius 1 is 0.894 bits per heavy atom. The second-order valence-corrected chi connectivity index (χ2v) is 12.1. The van der Waals surface area contributed by atoms with Gasteiger partial charge in [-0.15, -0.1) is 0 Å². The molecule has 2 amide bonds. The molecule has 1 unspecified atom stereocenters. The predicted octanol–water partition coefficient (Wildman–Crippen LogP) is 6.54. The van der Waals surface area contributed by atoms with Gasteiger partial charge in [0.25, 0.3) is 17.4 Å². The molecule has 9 heteroatoms. The molecule has 0 saturated carbocycles. The third kappa shape index (κ3) is 8.52. The average molecular weight is 650 g/mol. The first-order valence-corrected chi connectivity index (χ1v) is 16.4. The predicted molar refractivity (Wildman–Crippen MR) is 188 cm³/mol. The van der Waals surface area contributed by atoms with E-state index in [9.17, 15) is 14.4 Å². The molecule has 1 aromatic heterocycles. The molecule has 0 spiro atoms. The first-order valence-electron chi connectivity index (χ1n) is 16.0. The van der Waals surface area contributed by atoms with E-state index in [-0.39, 0.29) is 23.9 Å². The molecule has 0 aliphatic carbocycles. The van der Waals surface area contributed by atoms with Crippen molar-refractivity contribution in [3.8, 4) is 0 Å². The Morgan fingerprint density at radius 3 is 2.30 bits per heavy atom. The van der Waals surface area contributed by atoms with Crippen LogP contribution in [-0.4, -0.2) is 45.9 Å². The van der Waals surface area contributed by atoms with Crippen LogP contribution in [0.4, 0.5) is 0 Å². The minimum atomic E-state index is -0.556. The van der Waals surface area contributed by atoms with Crippen molar-refractivity contribution >= 4 is 34.3 Å². The summed E-state index contributed by atoms with van der Waals surface area (Å²) in [7, 11) is 0. The summed E-state index contributed by atoms with van der Waals surface area (Å²) in [5, 5.41) is 3.92. The lowest BCUT2D eigenvalue weighted by molar-refractivity contribution is 0.0647. The van der Waals surface area contributed by atoms with Crippen molar-refractivity contribution in [1.29, 1.82) is 0 Å². The lowest BCUT2D eigenvalue weighted by Crippen LogP contribution is -2.40. The van der Waals surface area contributed by atoms with E-state index in [1.165, 1.54) is 0 Å². The lowest BCUT2D eigenvalue weighted by Gasteiger charge is -2.33. The first kappa shape index (κ1) is 33.6. The van der Waals surface area contributed by atoms with Crippen LogP contribution in [0, 0.1) is 6.92 Å². The van der Waals surface area contributed by atoms with Crippen LogP contribution in [0.2, 0.25) is 5.02 Å². The molecule has 0 fully saturated rings. The number of rotatable bonds is 14. The van der Waals surface area contributed by atoms with Gasteiger partial charge in [-0.05, 0) is 87.2 Å². The Kier molecular flexibility index (Phi) is 11.5. The Morgan fingerprint density at radius 2 is 1.60 bits per heavy atom. The fraction of sp³-hybridized carbons (Fsp3) is 0.263. The molecular formula is C38H40ClN5O3. The molecule has 4 aromatic carbocycles. The van der Waals surface area contributed by atoms with Crippen molar-refractivity contribution in [2.24, 2.45) is 5.73 Å². The van der Waals surface area contributed by atoms with Crippen LogP contribution in [0.5, 0.6) is 0 Å². The van der Waals surface area contributed by atoms with Gasteiger partial charge in [0, 0.05) is 29.2 Å². The summed E-state index contributed by atoms with van der Waals surface area (Å²) in [5.74, 6) is 0.193. The summed E-state index contributed by atoms with van der Waals surface area (Å²) in [5.41, 5.74) is 9.39. The van der Waals surface area contributed by atoms with E-state index in [0.717, 1.165) is 11.1 Å². The molecule has 8 nitrogen and oxygen atoms in total. The minimum absolute atomic E-state index is 0.133. The van der Waals surface area contributed by atoms with Crippen LogP contribution in [0.15, 0.2) is 108 Å². The molecule has 3 N–H and O–H groups in total. The molecule has 1 heterocycles. The van der Waals surface area contributed by atoms with Crippen molar-refractivity contribution < 1.29 is 9.59 Å². The summed E-state index contributed by atoms with van der Waals surface area (Å²) < 4.78 is 1.69. The van der Waals surface area contributed by atoms with Gasteiger partial charge < -0.3 is 16.0 Å². The van der Waals surface area contributed by atoms with E-state index in [0.29, 0.717) is 78.2 Å². The maximum atomic E-state index is 14.3. The smallest absolute Gasteiger partial charge is 0.261 e.